The smallest absolute Gasteiger partial charge is 0.356 e. The molecule has 1 rings (SSSR count). The number of nitrogens with one attached hydrogen (secondary N) is 1. The fourth-order valence-corrected chi connectivity index (χ4v) is 1.46. The van der Waals surface area contributed by atoms with Crippen LogP contribution in [0.25, 0.3) is 0 Å². The van der Waals surface area contributed by atoms with Crippen molar-refractivity contribution in [3.8, 4) is 0 Å². The van der Waals surface area contributed by atoms with Crippen LogP contribution in [0.1, 0.15) is 23.8 Å². The zero-order valence-electron chi connectivity index (χ0n) is 10.6. The molecule has 2 amide bonds. The third-order valence-electron chi connectivity index (χ3n) is 2.40. The molecule has 0 spiro atoms. The van der Waals surface area contributed by atoms with Crippen molar-refractivity contribution in [2.24, 2.45) is 0 Å². The highest BCUT2D eigenvalue weighted by atomic mass is 16.4. The summed E-state index contributed by atoms with van der Waals surface area (Å²) in [5, 5.41) is 11.4. The van der Waals surface area contributed by atoms with Gasteiger partial charge in [-0.05, 0) is 6.42 Å². The number of aromatic nitrogens is 2. The van der Waals surface area contributed by atoms with Crippen molar-refractivity contribution in [1.82, 2.24) is 19.8 Å². The number of carbonyl (C=O) groups excluding carboxylic acids is 1. The minimum Gasteiger partial charge on any atom is -0.476 e. The van der Waals surface area contributed by atoms with Crippen molar-refractivity contribution in [2.75, 3.05) is 20.1 Å². The van der Waals surface area contributed by atoms with Crippen molar-refractivity contribution < 1.29 is 14.7 Å². The van der Waals surface area contributed by atoms with Crippen LogP contribution in [0.15, 0.2) is 12.5 Å². The summed E-state index contributed by atoms with van der Waals surface area (Å²) in [6, 6.07) is -0.129. The molecule has 2 N–H and O–H groups in total. The van der Waals surface area contributed by atoms with E-state index in [0.29, 0.717) is 19.6 Å². The number of hydrogen-bond donors (Lipinski definition) is 2. The second kappa shape index (κ2) is 6.63. The topological polar surface area (TPSA) is 87.5 Å². The molecule has 1 aromatic heterocycles. The van der Waals surface area contributed by atoms with Gasteiger partial charge in [0, 0.05) is 32.9 Å². The average molecular weight is 254 g/mol. The Kier molecular flexibility index (Phi) is 5.16. The summed E-state index contributed by atoms with van der Waals surface area (Å²) in [6.45, 7) is 3.64. The van der Waals surface area contributed by atoms with Crippen molar-refractivity contribution >= 4 is 12.0 Å². The van der Waals surface area contributed by atoms with Crippen molar-refractivity contribution in [3.63, 3.8) is 0 Å². The third-order valence-corrected chi connectivity index (χ3v) is 2.40. The molecule has 1 heterocycles. The van der Waals surface area contributed by atoms with E-state index in [1.807, 2.05) is 6.92 Å². The van der Waals surface area contributed by atoms with Crippen LogP contribution < -0.4 is 5.32 Å². The number of hydrogen-bond acceptors (Lipinski definition) is 3. The summed E-state index contributed by atoms with van der Waals surface area (Å²) in [6.07, 6.45) is 3.78. The summed E-state index contributed by atoms with van der Waals surface area (Å²) in [4.78, 5) is 27.5. The lowest BCUT2D eigenvalue weighted by Gasteiger charge is -2.16. The Balaban J connectivity index is 2.32. The predicted octanol–water partition coefficient (Wildman–Crippen LogP) is 0.633. The van der Waals surface area contributed by atoms with Gasteiger partial charge in [-0.25, -0.2) is 14.6 Å². The molecule has 7 heteroatoms. The molecule has 0 aliphatic rings. The van der Waals surface area contributed by atoms with E-state index in [0.717, 1.165) is 6.42 Å². The van der Waals surface area contributed by atoms with Gasteiger partial charge in [-0.2, -0.15) is 0 Å². The van der Waals surface area contributed by atoms with E-state index in [1.165, 1.54) is 12.5 Å². The highest BCUT2D eigenvalue weighted by molar-refractivity contribution is 5.84. The highest BCUT2D eigenvalue weighted by Gasteiger charge is 2.08. The van der Waals surface area contributed by atoms with Gasteiger partial charge in [0.15, 0.2) is 5.69 Å². The van der Waals surface area contributed by atoms with E-state index in [9.17, 15) is 9.59 Å². The Morgan fingerprint density at radius 1 is 1.56 bits per heavy atom. The van der Waals surface area contributed by atoms with Crippen LogP contribution in [-0.2, 0) is 6.54 Å². The molecule has 0 aliphatic heterocycles. The van der Waals surface area contributed by atoms with E-state index < -0.39 is 5.97 Å². The first kappa shape index (κ1) is 14.0. The highest BCUT2D eigenvalue weighted by Crippen LogP contribution is 1.95. The summed E-state index contributed by atoms with van der Waals surface area (Å²) in [7, 11) is 1.73. The van der Waals surface area contributed by atoms with E-state index in [-0.39, 0.29) is 11.7 Å². The largest absolute Gasteiger partial charge is 0.476 e. The van der Waals surface area contributed by atoms with Crippen molar-refractivity contribution in [1.29, 1.82) is 0 Å². The number of urea groups is 1. The number of carbonyl (C=O) groups is 2. The normalized spacial score (nSPS) is 10.1. The Morgan fingerprint density at radius 2 is 2.28 bits per heavy atom. The van der Waals surface area contributed by atoms with Gasteiger partial charge in [0.2, 0.25) is 0 Å². The molecule has 1 aromatic rings. The number of rotatable bonds is 6. The Morgan fingerprint density at radius 3 is 2.83 bits per heavy atom. The van der Waals surface area contributed by atoms with Gasteiger partial charge >= 0.3 is 12.0 Å². The van der Waals surface area contributed by atoms with Crippen molar-refractivity contribution in [2.45, 2.75) is 19.9 Å². The summed E-state index contributed by atoms with van der Waals surface area (Å²) >= 11 is 0. The molecule has 0 unspecified atom stereocenters. The molecule has 0 saturated carbocycles. The maximum Gasteiger partial charge on any atom is 0.356 e. The summed E-state index contributed by atoms with van der Waals surface area (Å²) in [5.41, 5.74) is 0.00410. The first-order valence-electron chi connectivity index (χ1n) is 5.78. The zero-order chi connectivity index (χ0) is 13.5. The number of carboxylic acid groups (broad SMARTS) is 1. The van der Waals surface area contributed by atoms with E-state index in [1.54, 1.807) is 16.5 Å². The Bertz CT molecular complexity index is 416. The number of amides is 2. The van der Waals surface area contributed by atoms with Crippen molar-refractivity contribution in [3.05, 3.63) is 18.2 Å². The van der Waals surface area contributed by atoms with E-state index in [2.05, 4.69) is 10.3 Å². The summed E-state index contributed by atoms with van der Waals surface area (Å²) in [5.74, 6) is -1.06. The monoisotopic (exact) mass is 254 g/mol. The maximum absolute atomic E-state index is 11.5. The molecule has 7 nitrogen and oxygen atoms in total. The molecule has 0 fully saturated rings. The molecule has 100 valence electrons. The lowest BCUT2D eigenvalue weighted by molar-refractivity contribution is 0.0691. The van der Waals surface area contributed by atoms with Crippen LogP contribution in [-0.4, -0.2) is 51.7 Å². The number of carboxylic acids is 1. The molecule has 0 saturated heterocycles. The SMILES string of the molecule is CCCN(C)C(=O)NCCn1cnc(C(=O)O)c1. The molecule has 0 aromatic carbocycles. The second-order valence-electron chi connectivity index (χ2n) is 3.96. The lowest BCUT2D eigenvalue weighted by atomic mass is 10.4. The first-order valence-corrected chi connectivity index (χ1v) is 5.78. The van der Waals surface area contributed by atoms with Gasteiger partial charge in [0.05, 0.1) is 6.33 Å². The molecular formula is C11H18N4O3. The number of nitrogens with zero attached hydrogens (tertiary/aromatic N) is 3. The van der Waals surface area contributed by atoms with Crippen LogP contribution in [0, 0.1) is 0 Å². The van der Waals surface area contributed by atoms with Crippen LogP contribution in [0.2, 0.25) is 0 Å². The van der Waals surface area contributed by atoms with Gasteiger partial charge in [0.25, 0.3) is 0 Å². The standard InChI is InChI=1S/C11H18N4O3/c1-3-5-14(2)11(18)12-4-6-15-7-9(10(16)17)13-8-15/h7-8H,3-6H2,1-2H3,(H,12,18)(H,16,17). The molecule has 18 heavy (non-hydrogen) atoms. The maximum atomic E-state index is 11.5. The van der Waals surface area contributed by atoms with Gasteiger partial charge < -0.3 is 19.9 Å². The van der Waals surface area contributed by atoms with E-state index in [4.69, 9.17) is 5.11 Å². The van der Waals surface area contributed by atoms with Gasteiger partial charge in [0.1, 0.15) is 0 Å². The molecule has 0 bridgehead atoms. The fraction of sp³-hybridized carbons (Fsp3) is 0.545. The minimum atomic E-state index is -1.06. The average Bonchev–Trinajstić information content (AvgIpc) is 2.78. The first-order chi connectivity index (χ1) is 8.54. The number of aromatic carboxylic acids is 1. The molecule has 0 aliphatic carbocycles. The Hall–Kier alpha value is -2.05. The lowest BCUT2D eigenvalue weighted by Crippen LogP contribution is -2.38. The van der Waals surface area contributed by atoms with Crippen LogP contribution in [0.5, 0.6) is 0 Å². The fourth-order valence-electron chi connectivity index (χ4n) is 1.46. The third kappa shape index (κ3) is 4.08. The van der Waals surface area contributed by atoms with Gasteiger partial charge in [-0.1, -0.05) is 6.92 Å². The van der Waals surface area contributed by atoms with Crippen LogP contribution >= 0.6 is 0 Å². The molecule has 0 atom stereocenters. The van der Waals surface area contributed by atoms with E-state index >= 15 is 0 Å². The number of imidazole rings is 1. The minimum absolute atomic E-state index is 0.00410. The quantitative estimate of drug-likeness (QED) is 0.779. The van der Waals surface area contributed by atoms with Crippen LogP contribution in [0.4, 0.5) is 4.79 Å². The van der Waals surface area contributed by atoms with Crippen LogP contribution in [0.3, 0.4) is 0 Å². The van der Waals surface area contributed by atoms with Gasteiger partial charge in [-0.3, -0.25) is 0 Å². The Labute approximate surface area is 105 Å². The molecular weight excluding hydrogens is 236 g/mol. The summed E-state index contributed by atoms with van der Waals surface area (Å²) < 4.78 is 1.63. The zero-order valence-corrected chi connectivity index (χ0v) is 10.6. The second-order valence-corrected chi connectivity index (χ2v) is 3.96. The predicted molar refractivity (Wildman–Crippen MR) is 65.5 cm³/mol. The molecule has 0 radical (unpaired) electrons. The van der Waals surface area contributed by atoms with Gasteiger partial charge in [-0.15, -0.1) is 0 Å².